The largest absolute Gasteiger partial charge is 0.480 e. The van der Waals surface area contributed by atoms with Gasteiger partial charge in [-0.2, -0.15) is 0 Å². The van der Waals surface area contributed by atoms with E-state index in [0.717, 1.165) is 5.56 Å². The van der Waals surface area contributed by atoms with Crippen molar-refractivity contribution in [3.63, 3.8) is 0 Å². The molecule has 0 aliphatic rings. The lowest BCUT2D eigenvalue weighted by atomic mass is 10.1. The Morgan fingerprint density at radius 1 is 1.25 bits per heavy atom. The van der Waals surface area contributed by atoms with Gasteiger partial charge in [-0.3, -0.25) is 0 Å². The molecule has 5 heteroatoms. The molecule has 1 aromatic carbocycles. The molecule has 5 nitrogen and oxygen atoms in total. The third kappa shape index (κ3) is 5.56. The molecule has 108 valence electrons. The van der Waals surface area contributed by atoms with E-state index in [-0.39, 0.29) is 5.92 Å². The van der Waals surface area contributed by atoms with Gasteiger partial charge < -0.3 is 15.7 Å². The summed E-state index contributed by atoms with van der Waals surface area (Å²) in [5, 5.41) is 14.0. The maximum atomic E-state index is 11.6. The van der Waals surface area contributed by atoms with Crippen LogP contribution in [0.1, 0.15) is 19.4 Å². The fraction of sp³-hybridized carbons (Fsp3) is 0.333. The molecule has 1 aromatic rings. The standard InChI is InChI=1S/C15H20N2O3/c1-11(2)13(14(18)19)17-15(20)16-10-6-9-12-7-4-3-5-8-12/h3-9,11,13H,10H2,1-2H3,(H,18,19)(H2,16,17,20)/b9-6+. The zero-order chi connectivity index (χ0) is 15.0. The number of nitrogens with one attached hydrogen (secondary N) is 2. The number of urea groups is 1. The van der Waals surface area contributed by atoms with Gasteiger partial charge in [0, 0.05) is 6.54 Å². The zero-order valence-corrected chi connectivity index (χ0v) is 11.7. The topological polar surface area (TPSA) is 78.4 Å². The van der Waals surface area contributed by atoms with Crippen molar-refractivity contribution in [1.82, 2.24) is 10.6 Å². The Kier molecular flexibility index (Phi) is 6.29. The van der Waals surface area contributed by atoms with Crippen molar-refractivity contribution in [2.45, 2.75) is 19.9 Å². The number of hydrogen-bond donors (Lipinski definition) is 3. The minimum Gasteiger partial charge on any atom is -0.480 e. The molecular weight excluding hydrogens is 256 g/mol. The lowest BCUT2D eigenvalue weighted by Gasteiger charge is -2.17. The minimum atomic E-state index is -1.03. The molecule has 0 heterocycles. The highest BCUT2D eigenvalue weighted by Gasteiger charge is 2.22. The number of benzene rings is 1. The summed E-state index contributed by atoms with van der Waals surface area (Å²) >= 11 is 0. The lowest BCUT2D eigenvalue weighted by Crippen LogP contribution is -2.48. The zero-order valence-electron chi connectivity index (χ0n) is 11.7. The van der Waals surface area contributed by atoms with Crippen molar-refractivity contribution in [2.24, 2.45) is 5.92 Å². The van der Waals surface area contributed by atoms with Gasteiger partial charge in [-0.15, -0.1) is 0 Å². The van der Waals surface area contributed by atoms with Crippen LogP contribution in [0.25, 0.3) is 6.08 Å². The van der Waals surface area contributed by atoms with Gasteiger partial charge in [-0.05, 0) is 11.5 Å². The van der Waals surface area contributed by atoms with E-state index < -0.39 is 18.0 Å². The summed E-state index contributed by atoms with van der Waals surface area (Å²) in [6.07, 6.45) is 3.69. The highest BCUT2D eigenvalue weighted by Crippen LogP contribution is 2.01. The first-order valence-corrected chi connectivity index (χ1v) is 6.49. The lowest BCUT2D eigenvalue weighted by molar-refractivity contribution is -0.140. The second-order valence-electron chi connectivity index (χ2n) is 4.73. The molecule has 20 heavy (non-hydrogen) atoms. The Labute approximate surface area is 118 Å². The van der Waals surface area contributed by atoms with E-state index in [9.17, 15) is 9.59 Å². The highest BCUT2D eigenvalue weighted by molar-refractivity contribution is 5.82. The normalized spacial score (nSPS) is 12.3. The third-order valence-electron chi connectivity index (χ3n) is 2.71. The number of aliphatic carboxylic acids is 1. The summed E-state index contributed by atoms with van der Waals surface area (Å²) in [5.41, 5.74) is 1.04. The smallest absolute Gasteiger partial charge is 0.326 e. The number of carboxylic acid groups (broad SMARTS) is 1. The number of amides is 2. The number of rotatable bonds is 6. The van der Waals surface area contributed by atoms with Gasteiger partial charge in [0.2, 0.25) is 0 Å². The Bertz CT molecular complexity index is 469. The van der Waals surface area contributed by atoms with E-state index in [2.05, 4.69) is 10.6 Å². The van der Waals surface area contributed by atoms with Crippen molar-refractivity contribution in [3.8, 4) is 0 Å². The highest BCUT2D eigenvalue weighted by atomic mass is 16.4. The molecule has 0 aliphatic heterocycles. The van der Waals surface area contributed by atoms with Crippen molar-refractivity contribution in [2.75, 3.05) is 6.54 Å². The summed E-state index contributed by atoms with van der Waals surface area (Å²) in [7, 11) is 0. The van der Waals surface area contributed by atoms with Gasteiger partial charge in [-0.25, -0.2) is 9.59 Å². The van der Waals surface area contributed by atoms with Crippen LogP contribution >= 0.6 is 0 Å². The monoisotopic (exact) mass is 276 g/mol. The van der Waals surface area contributed by atoms with Crippen LogP contribution in [0.2, 0.25) is 0 Å². The van der Waals surface area contributed by atoms with Crippen LogP contribution in [0.5, 0.6) is 0 Å². The summed E-state index contributed by atoms with van der Waals surface area (Å²) in [5.74, 6) is -1.20. The van der Waals surface area contributed by atoms with E-state index >= 15 is 0 Å². The van der Waals surface area contributed by atoms with Crippen molar-refractivity contribution >= 4 is 18.1 Å². The molecule has 1 atom stereocenters. The van der Waals surface area contributed by atoms with Gasteiger partial charge >= 0.3 is 12.0 Å². The molecule has 0 spiro atoms. The SMILES string of the molecule is CC(C)C(NC(=O)NC/C=C/c1ccccc1)C(=O)O. The quantitative estimate of drug-likeness (QED) is 0.744. The minimum absolute atomic E-state index is 0.168. The van der Waals surface area contributed by atoms with Crippen LogP contribution in [-0.2, 0) is 4.79 Å². The fourth-order valence-electron chi connectivity index (χ4n) is 1.62. The number of hydrogen-bond acceptors (Lipinski definition) is 2. The van der Waals surface area contributed by atoms with Crippen LogP contribution < -0.4 is 10.6 Å². The average molecular weight is 276 g/mol. The Balaban J connectivity index is 2.36. The van der Waals surface area contributed by atoms with E-state index in [1.165, 1.54) is 0 Å². The molecular formula is C15H20N2O3. The van der Waals surface area contributed by atoms with Crippen LogP contribution in [0.4, 0.5) is 4.79 Å². The summed E-state index contributed by atoms with van der Waals surface area (Å²) in [6, 6.07) is 8.34. The summed E-state index contributed by atoms with van der Waals surface area (Å²) in [4.78, 5) is 22.5. The van der Waals surface area contributed by atoms with Gasteiger partial charge in [0.05, 0.1) is 0 Å². The predicted molar refractivity (Wildman–Crippen MR) is 78.3 cm³/mol. The first kappa shape index (κ1) is 15.8. The summed E-state index contributed by atoms with van der Waals surface area (Å²) in [6.45, 7) is 3.83. The van der Waals surface area contributed by atoms with Crippen LogP contribution in [0, 0.1) is 5.92 Å². The van der Waals surface area contributed by atoms with E-state index in [4.69, 9.17) is 5.11 Å². The fourth-order valence-corrected chi connectivity index (χ4v) is 1.62. The van der Waals surface area contributed by atoms with Crippen LogP contribution in [0.3, 0.4) is 0 Å². The van der Waals surface area contributed by atoms with E-state index in [1.807, 2.05) is 36.4 Å². The number of carboxylic acids is 1. The maximum absolute atomic E-state index is 11.6. The Morgan fingerprint density at radius 2 is 1.90 bits per heavy atom. The second-order valence-corrected chi connectivity index (χ2v) is 4.73. The second kappa shape index (κ2) is 7.99. The molecule has 0 aromatic heterocycles. The van der Waals surface area contributed by atoms with Crippen molar-refractivity contribution < 1.29 is 14.7 Å². The van der Waals surface area contributed by atoms with E-state index in [0.29, 0.717) is 6.54 Å². The number of carbonyl (C=O) groups is 2. The average Bonchev–Trinajstić information content (AvgIpc) is 2.41. The molecule has 1 rings (SSSR count). The van der Waals surface area contributed by atoms with Crippen molar-refractivity contribution in [1.29, 1.82) is 0 Å². The molecule has 0 saturated heterocycles. The molecule has 1 unspecified atom stereocenters. The Morgan fingerprint density at radius 3 is 2.45 bits per heavy atom. The van der Waals surface area contributed by atoms with Gasteiger partial charge in [0.25, 0.3) is 0 Å². The van der Waals surface area contributed by atoms with Crippen molar-refractivity contribution in [3.05, 3.63) is 42.0 Å². The molecule has 0 aliphatic carbocycles. The van der Waals surface area contributed by atoms with E-state index in [1.54, 1.807) is 19.9 Å². The Hall–Kier alpha value is -2.30. The van der Waals surface area contributed by atoms with Crippen LogP contribution in [-0.4, -0.2) is 29.7 Å². The molecule has 0 fully saturated rings. The van der Waals surface area contributed by atoms with Gasteiger partial charge in [-0.1, -0.05) is 56.3 Å². The first-order valence-electron chi connectivity index (χ1n) is 6.49. The van der Waals surface area contributed by atoms with Gasteiger partial charge in [0.1, 0.15) is 6.04 Å². The molecule has 3 N–H and O–H groups in total. The maximum Gasteiger partial charge on any atom is 0.326 e. The van der Waals surface area contributed by atoms with Gasteiger partial charge in [0.15, 0.2) is 0 Å². The molecule has 0 saturated carbocycles. The van der Waals surface area contributed by atoms with Crippen LogP contribution in [0.15, 0.2) is 36.4 Å². The molecule has 0 radical (unpaired) electrons. The third-order valence-corrected chi connectivity index (χ3v) is 2.71. The first-order chi connectivity index (χ1) is 9.50. The molecule has 0 bridgehead atoms. The molecule has 2 amide bonds. The summed E-state index contributed by atoms with van der Waals surface area (Å²) < 4.78 is 0. The number of carbonyl (C=O) groups excluding carboxylic acids is 1. The predicted octanol–water partition coefficient (Wildman–Crippen LogP) is 2.11.